The third kappa shape index (κ3) is 3.54. The molecule has 0 atom stereocenters. The van der Waals surface area contributed by atoms with Crippen LogP contribution < -0.4 is 15.0 Å². The van der Waals surface area contributed by atoms with E-state index in [1.165, 1.54) is 0 Å². The van der Waals surface area contributed by atoms with E-state index >= 15 is 0 Å². The van der Waals surface area contributed by atoms with Crippen LogP contribution in [-0.4, -0.2) is 68.3 Å². The average Bonchev–Trinajstić information content (AvgIpc) is 2.46. The SMILES string of the molecule is COc1cncc(N(C)CCN2CCNCC2)n1. The Hall–Kier alpha value is -1.40. The van der Waals surface area contributed by atoms with Gasteiger partial charge in [-0.2, -0.15) is 4.98 Å². The Bertz CT molecular complexity index is 367. The molecule has 1 aliphatic rings. The Balaban J connectivity index is 1.84. The summed E-state index contributed by atoms with van der Waals surface area (Å²) in [5.74, 6) is 1.41. The molecular weight excluding hydrogens is 230 g/mol. The normalized spacial score (nSPS) is 16.6. The number of nitrogens with one attached hydrogen (secondary N) is 1. The van der Waals surface area contributed by atoms with Crippen molar-refractivity contribution in [1.29, 1.82) is 0 Å². The molecule has 1 fully saturated rings. The van der Waals surface area contributed by atoms with E-state index in [1.807, 2.05) is 7.05 Å². The standard InChI is InChI=1S/C12H21N5O/c1-16(7-8-17-5-3-13-4-6-17)11-9-14-10-12(15-11)18-2/h9-10,13H,3-8H2,1-2H3. The van der Waals surface area contributed by atoms with Crippen LogP contribution >= 0.6 is 0 Å². The number of piperazine rings is 1. The van der Waals surface area contributed by atoms with Crippen molar-refractivity contribution in [1.82, 2.24) is 20.2 Å². The molecule has 0 radical (unpaired) electrons. The van der Waals surface area contributed by atoms with Crippen LogP contribution in [0.3, 0.4) is 0 Å². The van der Waals surface area contributed by atoms with Crippen LogP contribution in [0.1, 0.15) is 0 Å². The zero-order valence-electron chi connectivity index (χ0n) is 11.1. The lowest BCUT2D eigenvalue weighted by Crippen LogP contribution is -2.46. The van der Waals surface area contributed by atoms with Crippen LogP contribution in [0.5, 0.6) is 5.88 Å². The van der Waals surface area contributed by atoms with E-state index in [9.17, 15) is 0 Å². The summed E-state index contributed by atoms with van der Waals surface area (Å²) in [7, 11) is 3.64. The van der Waals surface area contributed by atoms with Gasteiger partial charge in [0.1, 0.15) is 0 Å². The third-order valence-electron chi connectivity index (χ3n) is 3.16. The van der Waals surface area contributed by atoms with Crippen LogP contribution in [0.2, 0.25) is 0 Å². The molecule has 1 aromatic rings. The second kappa shape index (κ2) is 6.51. The first-order chi connectivity index (χ1) is 8.79. The smallest absolute Gasteiger partial charge is 0.233 e. The maximum Gasteiger partial charge on any atom is 0.233 e. The summed E-state index contributed by atoms with van der Waals surface area (Å²) in [6.07, 6.45) is 3.38. The van der Waals surface area contributed by atoms with Crippen molar-refractivity contribution in [2.45, 2.75) is 0 Å². The van der Waals surface area contributed by atoms with Crippen LogP contribution in [0.15, 0.2) is 12.4 Å². The van der Waals surface area contributed by atoms with Gasteiger partial charge in [0.15, 0.2) is 5.82 Å². The summed E-state index contributed by atoms with van der Waals surface area (Å²) in [6.45, 7) is 6.42. The first-order valence-corrected chi connectivity index (χ1v) is 6.30. The topological polar surface area (TPSA) is 53.5 Å². The minimum Gasteiger partial charge on any atom is -0.480 e. The number of aromatic nitrogens is 2. The van der Waals surface area contributed by atoms with Gasteiger partial charge in [0.05, 0.1) is 19.5 Å². The summed E-state index contributed by atoms with van der Waals surface area (Å²) in [5.41, 5.74) is 0. The zero-order valence-corrected chi connectivity index (χ0v) is 11.1. The van der Waals surface area contributed by atoms with Crippen LogP contribution in [-0.2, 0) is 0 Å². The molecular formula is C12H21N5O. The summed E-state index contributed by atoms with van der Waals surface area (Å²) >= 11 is 0. The molecule has 2 heterocycles. The molecule has 1 aromatic heterocycles. The van der Waals surface area contributed by atoms with Crippen molar-refractivity contribution in [3.05, 3.63) is 12.4 Å². The third-order valence-corrected chi connectivity index (χ3v) is 3.16. The maximum atomic E-state index is 5.08. The van der Waals surface area contributed by atoms with Gasteiger partial charge in [-0.1, -0.05) is 0 Å². The summed E-state index contributed by atoms with van der Waals surface area (Å²) in [5, 5.41) is 3.35. The quantitative estimate of drug-likeness (QED) is 0.784. The van der Waals surface area contributed by atoms with Gasteiger partial charge in [-0.15, -0.1) is 0 Å². The van der Waals surface area contributed by atoms with Gasteiger partial charge in [-0.05, 0) is 0 Å². The van der Waals surface area contributed by atoms with E-state index in [0.29, 0.717) is 5.88 Å². The van der Waals surface area contributed by atoms with Crippen molar-refractivity contribution < 1.29 is 4.74 Å². The molecule has 0 bridgehead atoms. The second-order valence-corrected chi connectivity index (χ2v) is 4.43. The van der Waals surface area contributed by atoms with Crippen LogP contribution in [0.4, 0.5) is 5.82 Å². The number of likely N-dealkylation sites (N-methyl/N-ethyl adjacent to an activating group) is 1. The number of methoxy groups -OCH3 is 1. The molecule has 1 aliphatic heterocycles. The molecule has 0 saturated carbocycles. The van der Waals surface area contributed by atoms with Gasteiger partial charge in [0, 0.05) is 46.3 Å². The molecule has 6 heteroatoms. The van der Waals surface area contributed by atoms with Gasteiger partial charge in [-0.25, -0.2) is 0 Å². The molecule has 0 aromatic carbocycles. The highest BCUT2D eigenvalue weighted by molar-refractivity contribution is 5.36. The Labute approximate surface area is 108 Å². The zero-order chi connectivity index (χ0) is 12.8. The van der Waals surface area contributed by atoms with Crippen LogP contribution in [0.25, 0.3) is 0 Å². The highest BCUT2D eigenvalue weighted by Crippen LogP contribution is 2.11. The van der Waals surface area contributed by atoms with Gasteiger partial charge in [0.2, 0.25) is 5.88 Å². The minimum absolute atomic E-state index is 0.557. The molecule has 1 N–H and O–H groups in total. The lowest BCUT2D eigenvalue weighted by molar-refractivity contribution is 0.246. The van der Waals surface area contributed by atoms with E-state index < -0.39 is 0 Å². The number of nitrogens with zero attached hydrogens (tertiary/aromatic N) is 4. The van der Waals surface area contributed by atoms with Gasteiger partial charge in [-0.3, -0.25) is 9.88 Å². The van der Waals surface area contributed by atoms with E-state index in [4.69, 9.17) is 4.74 Å². The van der Waals surface area contributed by atoms with E-state index in [2.05, 4.69) is 25.1 Å². The molecule has 2 rings (SSSR count). The van der Waals surface area contributed by atoms with Gasteiger partial charge in [0.25, 0.3) is 0 Å². The summed E-state index contributed by atoms with van der Waals surface area (Å²) < 4.78 is 5.08. The fourth-order valence-electron chi connectivity index (χ4n) is 1.96. The number of rotatable bonds is 5. The number of hydrogen-bond acceptors (Lipinski definition) is 6. The van der Waals surface area contributed by atoms with Gasteiger partial charge >= 0.3 is 0 Å². The predicted molar refractivity (Wildman–Crippen MR) is 71.2 cm³/mol. The average molecular weight is 251 g/mol. The second-order valence-electron chi connectivity index (χ2n) is 4.43. The highest BCUT2D eigenvalue weighted by Gasteiger charge is 2.11. The molecule has 18 heavy (non-hydrogen) atoms. The number of ether oxygens (including phenoxy) is 1. The number of hydrogen-bond donors (Lipinski definition) is 1. The minimum atomic E-state index is 0.557. The van der Waals surface area contributed by atoms with Gasteiger partial charge < -0.3 is 15.0 Å². The molecule has 0 aliphatic carbocycles. The van der Waals surface area contributed by atoms with E-state index in [1.54, 1.807) is 19.5 Å². The maximum absolute atomic E-state index is 5.08. The van der Waals surface area contributed by atoms with Crippen molar-refractivity contribution in [2.24, 2.45) is 0 Å². The molecule has 0 amide bonds. The summed E-state index contributed by atoms with van der Waals surface area (Å²) in [4.78, 5) is 13.1. The highest BCUT2D eigenvalue weighted by atomic mass is 16.5. The number of anilines is 1. The van der Waals surface area contributed by atoms with Crippen molar-refractivity contribution in [3.8, 4) is 5.88 Å². The lowest BCUT2D eigenvalue weighted by atomic mass is 10.3. The Morgan fingerprint density at radius 2 is 2.17 bits per heavy atom. The Morgan fingerprint density at radius 3 is 2.89 bits per heavy atom. The van der Waals surface area contributed by atoms with Crippen LogP contribution in [0, 0.1) is 0 Å². The van der Waals surface area contributed by atoms with E-state index in [0.717, 1.165) is 45.1 Å². The molecule has 6 nitrogen and oxygen atoms in total. The lowest BCUT2D eigenvalue weighted by Gasteiger charge is -2.29. The Morgan fingerprint density at radius 1 is 1.39 bits per heavy atom. The van der Waals surface area contributed by atoms with Crippen molar-refractivity contribution in [3.63, 3.8) is 0 Å². The fraction of sp³-hybridized carbons (Fsp3) is 0.667. The monoisotopic (exact) mass is 251 g/mol. The predicted octanol–water partition coefficient (Wildman–Crippen LogP) is -0.173. The fourth-order valence-corrected chi connectivity index (χ4v) is 1.96. The molecule has 0 spiro atoms. The first kappa shape index (κ1) is 13.0. The van der Waals surface area contributed by atoms with Crippen molar-refractivity contribution in [2.75, 3.05) is 58.3 Å². The first-order valence-electron chi connectivity index (χ1n) is 6.30. The molecule has 0 unspecified atom stereocenters. The Kier molecular flexibility index (Phi) is 4.72. The van der Waals surface area contributed by atoms with E-state index in [-0.39, 0.29) is 0 Å². The molecule has 100 valence electrons. The largest absolute Gasteiger partial charge is 0.480 e. The van der Waals surface area contributed by atoms with Crippen molar-refractivity contribution >= 4 is 5.82 Å². The molecule has 1 saturated heterocycles. The summed E-state index contributed by atoms with van der Waals surface area (Å²) in [6, 6.07) is 0.